The maximum absolute atomic E-state index is 12.3. The molecule has 0 radical (unpaired) electrons. The first-order valence-electron chi connectivity index (χ1n) is 8.08. The van der Waals surface area contributed by atoms with Gasteiger partial charge in [-0.15, -0.1) is 0 Å². The molecule has 0 unspecified atom stereocenters. The molecule has 3 rings (SSSR count). The van der Waals surface area contributed by atoms with E-state index in [4.69, 9.17) is 4.99 Å². The van der Waals surface area contributed by atoms with Crippen molar-refractivity contribution in [2.24, 2.45) is 4.99 Å². The van der Waals surface area contributed by atoms with Crippen LogP contribution in [0.5, 0.6) is 0 Å². The van der Waals surface area contributed by atoms with Crippen molar-refractivity contribution in [1.82, 2.24) is 19.2 Å². The van der Waals surface area contributed by atoms with Crippen molar-refractivity contribution in [3.05, 3.63) is 58.1 Å². The van der Waals surface area contributed by atoms with Crippen LogP contribution in [-0.4, -0.2) is 39.3 Å². The minimum Gasteiger partial charge on any atom is -0.344 e. The molecule has 0 bridgehead atoms. The first-order chi connectivity index (χ1) is 12.0. The van der Waals surface area contributed by atoms with Gasteiger partial charge in [0, 0.05) is 38.7 Å². The fourth-order valence-corrected chi connectivity index (χ4v) is 3.79. The number of amides is 1. The van der Waals surface area contributed by atoms with Crippen molar-refractivity contribution in [3.63, 3.8) is 0 Å². The molecule has 0 N–H and O–H groups in total. The van der Waals surface area contributed by atoms with Gasteiger partial charge < -0.3 is 9.47 Å². The summed E-state index contributed by atoms with van der Waals surface area (Å²) in [4.78, 5) is 20.2. The molecule has 3 aromatic rings. The Morgan fingerprint density at radius 1 is 1.28 bits per heavy atom. The third kappa shape index (κ3) is 3.41. The zero-order valence-electron chi connectivity index (χ0n) is 14.8. The van der Waals surface area contributed by atoms with E-state index in [1.165, 1.54) is 11.3 Å². The normalized spacial score (nSPS) is 11.8. The van der Waals surface area contributed by atoms with Crippen molar-refractivity contribution < 1.29 is 4.79 Å². The Balaban J connectivity index is 2.01. The smallest absolute Gasteiger partial charge is 0.265 e. The summed E-state index contributed by atoms with van der Waals surface area (Å²) >= 11 is 1.43. The number of carbonyl (C=O) groups excluding carboxylic acids is 1. The standard InChI is InChI=1S/C18H21N5OS/c1-5-22-13(2)16(17(24)21(3)4)25-18(22)20-14-7-9-15(10-8-14)23-12-6-11-19-23/h6-12H,5H2,1-4H3. The van der Waals surface area contributed by atoms with Crippen LogP contribution in [-0.2, 0) is 6.54 Å². The van der Waals surface area contributed by atoms with E-state index in [0.29, 0.717) is 0 Å². The van der Waals surface area contributed by atoms with Gasteiger partial charge in [-0.25, -0.2) is 9.67 Å². The van der Waals surface area contributed by atoms with Crippen LogP contribution in [0.15, 0.2) is 47.7 Å². The van der Waals surface area contributed by atoms with E-state index in [0.717, 1.165) is 33.3 Å². The van der Waals surface area contributed by atoms with Crippen LogP contribution < -0.4 is 4.80 Å². The number of rotatable bonds is 4. The summed E-state index contributed by atoms with van der Waals surface area (Å²) in [6.45, 7) is 4.80. The van der Waals surface area contributed by atoms with E-state index in [2.05, 4.69) is 16.6 Å². The molecule has 0 atom stereocenters. The third-order valence-corrected chi connectivity index (χ3v) is 5.09. The molecule has 6 nitrogen and oxygen atoms in total. The predicted molar refractivity (Wildman–Crippen MR) is 99.5 cm³/mol. The average molecular weight is 355 g/mol. The molecule has 1 amide bonds. The van der Waals surface area contributed by atoms with Gasteiger partial charge in [0.25, 0.3) is 5.91 Å². The Morgan fingerprint density at radius 3 is 2.56 bits per heavy atom. The Kier molecular flexibility index (Phi) is 4.85. The van der Waals surface area contributed by atoms with Gasteiger partial charge in [0.1, 0.15) is 4.88 Å². The summed E-state index contributed by atoms with van der Waals surface area (Å²) in [5.74, 6) is 0.0141. The molecule has 2 aromatic heterocycles. The number of hydrogen-bond acceptors (Lipinski definition) is 4. The van der Waals surface area contributed by atoms with Gasteiger partial charge in [0.05, 0.1) is 11.4 Å². The van der Waals surface area contributed by atoms with Crippen molar-refractivity contribution in [2.45, 2.75) is 20.4 Å². The molecule has 25 heavy (non-hydrogen) atoms. The fraction of sp³-hybridized carbons (Fsp3) is 0.278. The molecular formula is C18H21N5OS. The van der Waals surface area contributed by atoms with Crippen LogP contribution >= 0.6 is 11.3 Å². The molecule has 7 heteroatoms. The van der Waals surface area contributed by atoms with Gasteiger partial charge in [-0.3, -0.25) is 4.79 Å². The van der Waals surface area contributed by atoms with E-state index in [1.54, 1.807) is 29.9 Å². The largest absolute Gasteiger partial charge is 0.344 e. The van der Waals surface area contributed by atoms with Gasteiger partial charge in [-0.05, 0) is 44.2 Å². The van der Waals surface area contributed by atoms with Crippen LogP contribution in [0.4, 0.5) is 5.69 Å². The van der Waals surface area contributed by atoms with Crippen molar-refractivity contribution in [3.8, 4) is 5.69 Å². The lowest BCUT2D eigenvalue weighted by atomic mass is 10.3. The second kappa shape index (κ2) is 7.06. The number of nitrogens with zero attached hydrogens (tertiary/aromatic N) is 5. The lowest BCUT2D eigenvalue weighted by Crippen LogP contribution is -2.21. The highest BCUT2D eigenvalue weighted by Gasteiger charge is 2.17. The van der Waals surface area contributed by atoms with Gasteiger partial charge in [0.2, 0.25) is 0 Å². The summed E-state index contributed by atoms with van der Waals surface area (Å²) in [5.41, 5.74) is 2.79. The third-order valence-electron chi connectivity index (χ3n) is 3.92. The summed E-state index contributed by atoms with van der Waals surface area (Å²) in [5, 5.41) is 4.22. The number of carbonyl (C=O) groups is 1. The van der Waals surface area contributed by atoms with Gasteiger partial charge >= 0.3 is 0 Å². The number of hydrogen-bond donors (Lipinski definition) is 0. The number of benzene rings is 1. The first kappa shape index (κ1) is 17.2. The van der Waals surface area contributed by atoms with Crippen LogP contribution in [0.3, 0.4) is 0 Å². The van der Waals surface area contributed by atoms with Crippen molar-refractivity contribution >= 4 is 22.9 Å². The fourth-order valence-electron chi connectivity index (χ4n) is 2.56. The van der Waals surface area contributed by atoms with Crippen molar-refractivity contribution in [2.75, 3.05) is 14.1 Å². The molecule has 0 saturated carbocycles. The molecule has 0 spiro atoms. The van der Waals surface area contributed by atoms with E-state index in [9.17, 15) is 4.79 Å². The molecule has 1 aromatic carbocycles. The van der Waals surface area contributed by atoms with Crippen molar-refractivity contribution in [1.29, 1.82) is 0 Å². The molecule has 0 fully saturated rings. The maximum Gasteiger partial charge on any atom is 0.265 e. The second-order valence-corrected chi connectivity index (χ2v) is 6.80. The SMILES string of the molecule is CCn1c(C)c(C(=O)N(C)C)sc1=Nc1ccc(-n2cccn2)cc1. The van der Waals surface area contributed by atoms with Gasteiger partial charge in [-0.1, -0.05) is 11.3 Å². The summed E-state index contributed by atoms with van der Waals surface area (Å²) in [6, 6.07) is 9.77. The van der Waals surface area contributed by atoms with E-state index in [-0.39, 0.29) is 5.91 Å². The van der Waals surface area contributed by atoms with E-state index < -0.39 is 0 Å². The van der Waals surface area contributed by atoms with Gasteiger partial charge in [-0.2, -0.15) is 5.10 Å². The molecule has 0 aliphatic heterocycles. The minimum absolute atomic E-state index is 0.0141. The highest BCUT2D eigenvalue weighted by Crippen LogP contribution is 2.18. The Morgan fingerprint density at radius 2 is 2.00 bits per heavy atom. The highest BCUT2D eigenvalue weighted by atomic mass is 32.1. The van der Waals surface area contributed by atoms with Crippen LogP contribution in [0.25, 0.3) is 5.69 Å². The quantitative estimate of drug-likeness (QED) is 0.722. The lowest BCUT2D eigenvalue weighted by molar-refractivity contribution is 0.0831. The van der Waals surface area contributed by atoms with E-state index >= 15 is 0 Å². The first-order valence-corrected chi connectivity index (χ1v) is 8.89. The highest BCUT2D eigenvalue weighted by molar-refractivity contribution is 7.11. The Labute approximate surface area is 150 Å². The van der Waals surface area contributed by atoms with Crippen LogP contribution in [0.1, 0.15) is 22.3 Å². The lowest BCUT2D eigenvalue weighted by Gasteiger charge is -2.09. The van der Waals surface area contributed by atoms with Crippen LogP contribution in [0.2, 0.25) is 0 Å². The predicted octanol–water partition coefficient (Wildman–Crippen LogP) is 3.00. The van der Waals surface area contributed by atoms with Gasteiger partial charge in [0.15, 0.2) is 4.80 Å². The Hall–Kier alpha value is -2.67. The Bertz CT molecular complexity index is 933. The minimum atomic E-state index is 0.0141. The zero-order chi connectivity index (χ0) is 18.0. The zero-order valence-corrected chi connectivity index (χ0v) is 15.6. The number of aromatic nitrogens is 3. The summed E-state index contributed by atoms with van der Waals surface area (Å²) < 4.78 is 3.88. The molecule has 0 aliphatic carbocycles. The topological polar surface area (TPSA) is 55.4 Å². The second-order valence-electron chi connectivity index (χ2n) is 5.82. The molecule has 0 saturated heterocycles. The molecule has 2 heterocycles. The van der Waals surface area contributed by atoms with E-state index in [1.807, 2.05) is 43.5 Å². The summed E-state index contributed by atoms with van der Waals surface area (Å²) in [6.07, 6.45) is 3.65. The molecule has 130 valence electrons. The molecule has 0 aliphatic rings. The maximum atomic E-state index is 12.3. The summed E-state index contributed by atoms with van der Waals surface area (Å²) in [7, 11) is 3.53. The number of thiazole rings is 1. The average Bonchev–Trinajstić information content (AvgIpc) is 3.23. The monoisotopic (exact) mass is 355 g/mol. The van der Waals surface area contributed by atoms with Crippen LogP contribution in [0, 0.1) is 6.92 Å². The molecular weight excluding hydrogens is 334 g/mol.